The molecule has 2 aromatic heterocycles. The molecule has 0 aromatic carbocycles. The zero-order valence-electron chi connectivity index (χ0n) is 16.7. The van der Waals surface area contributed by atoms with Crippen LogP contribution in [0.1, 0.15) is 19.1 Å². The van der Waals surface area contributed by atoms with Crippen LogP contribution >= 0.6 is 11.8 Å². The number of nitrogens with zero attached hydrogens (tertiary/aromatic N) is 4. The van der Waals surface area contributed by atoms with E-state index in [1.165, 1.54) is 11.8 Å². The minimum absolute atomic E-state index is 0.00593. The molecule has 0 aliphatic carbocycles. The lowest BCUT2D eigenvalue weighted by Gasteiger charge is -2.27. The van der Waals surface area contributed by atoms with Gasteiger partial charge >= 0.3 is 0 Å². The molecule has 2 fully saturated rings. The van der Waals surface area contributed by atoms with Crippen molar-refractivity contribution in [1.82, 2.24) is 20.1 Å². The number of nitrogens with one attached hydrogen (secondary N) is 1. The second kappa shape index (κ2) is 8.98. The van der Waals surface area contributed by atoms with E-state index >= 15 is 0 Å². The summed E-state index contributed by atoms with van der Waals surface area (Å²) in [5, 5.41) is 11.7. The van der Waals surface area contributed by atoms with Gasteiger partial charge in [0.25, 0.3) is 0 Å². The zero-order chi connectivity index (χ0) is 21.1. The van der Waals surface area contributed by atoms with Crippen molar-refractivity contribution in [3.05, 3.63) is 24.2 Å². The summed E-state index contributed by atoms with van der Waals surface area (Å²) in [6.45, 7) is 4.91. The quantitative estimate of drug-likeness (QED) is 0.597. The van der Waals surface area contributed by atoms with Crippen LogP contribution in [0, 0.1) is 0 Å². The fraction of sp³-hybridized carbons (Fsp3) is 0.611. The van der Waals surface area contributed by atoms with Crippen LogP contribution in [0.15, 0.2) is 28.0 Å². The van der Waals surface area contributed by atoms with Crippen LogP contribution in [0.5, 0.6) is 0 Å². The molecule has 164 valence electrons. The highest BCUT2D eigenvalue weighted by Crippen LogP contribution is 2.27. The van der Waals surface area contributed by atoms with Gasteiger partial charge < -0.3 is 19.4 Å². The van der Waals surface area contributed by atoms with E-state index in [9.17, 15) is 13.2 Å². The summed E-state index contributed by atoms with van der Waals surface area (Å²) in [6, 6.07) is 3.39. The molecule has 4 heterocycles. The number of anilines is 1. The molecule has 0 radical (unpaired) electrons. The summed E-state index contributed by atoms with van der Waals surface area (Å²) in [5.41, 5.74) is 0. The lowest BCUT2D eigenvalue weighted by atomic mass is 10.2. The number of carbonyl (C=O) groups excluding carboxylic acids is 1. The van der Waals surface area contributed by atoms with Gasteiger partial charge in [-0.05, 0) is 25.5 Å². The maximum atomic E-state index is 12.6. The number of ether oxygens (including phenoxy) is 1. The Morgan fingerprint density at radius 1 is 1.37 bits per heavy atom. The average Bonchev–Trinajstić information content (AvgIpc) is 3.44. The second-order valence-electron chi connectivity index (χ2n) is 7.42. The maximum Gasteiger partial charge on any atom is 0.233 e. The van der Waals surface area contributed by atoms with Crippen LogP contribution < -0.4 is 10.2 Å². The third-order valence-corrected chi connectivity index (χ3v) is 7.96. The summed E-state index contributed by atoms with van der Waals surface area (Å²) in [4.78, 5) is 14.7. The third-order valence-electron chi connectivity index (χ3n) is 5.12. The highest BCUT2D eigenvalue weighted by atomic mass is 32.2. The topological polar surface area (TPSA) is 120 Å². The van der Waals surface area contributed by atoms with Crippen molar-refractivity contribution in [3.63, 3.8) is 0 Å². The molecule has 10 nitrogen and oxygen atoms in total. The molecule has 2 unspecified atom stereocenters. The normalized spacial score (nSPS) is 22.2. The molecular weight excluding hydrogens is 430 g/mol. The van der Waals surface area contributed by atoms with Gasteiger partial charge in [-0.25, -0.2) is 8.42 Å². The Bertz CT molecular complexity index is 969. The number of hydrogen-bond acceptors (Lipinski definition) is 9. The Hall–Kier alpha value is -2.05. The molecule has 2 aliphatic heterocycles. The number of thioether (sulfide) groups is 1. The molecule has 2 atom stereocenters. The maximum absolute atomic E-state index is 12.6. The van der Waals surface area contributed by atoms with Gasteiger partial charge in [0.15, 0.2) is 15.0 Å². The number of morpholine rings is 1. The van der Waals surface area contributed by atoms with Crippen molar-refractivity contribution in [2.24, 2.45) is 0 Å². The Kier molecular flexibility index (Phi) is 6.34. The van der Waals surface area contributed by atoms with Gasteiger partial charge in [0.1, 0.15) is 5.76 Å². The molecule has 0 spiro atoms. The highest BCUT2D eigenvalue weighted by molar-refractivity contribution is 8.00. The van der Waals surface area contributed by atoms with E-state index in [-0.39, 0.29) is 23.5 Å². The van der Waals surface area contributed by atoms with E-state index in [1.54, 1.807) is 13.2 Å². The summed E-state index contributed by atoms with van der Waals surface area (Å²) < 4.78 is 36.1. The first-order valence-electron chi connectivity index (χ1n) is 9.87. The fourth-order valence-corrected chi connectivity index (χ4v) is 6.03. The van der Waals surface area contributed by atoms with Crippen LogP contribution in [-0.2, 0) is 25.9 Å². The van der Waals surface area contributed by atoms with Crippen LogP contribution in [-0.4, -0.2) is 78.2 Å². The molecule has 2 aromatic rings. The monoisotopic (exact) mass is 455 g/mol. The zero-order valence-corrected chi connectivity index (χ0v) is 18.3. The molecule has 2 aliphatic rings. The molecule has 2 saturated heterocycles. The predicted molar refractivity (Wildman–Crippen MR) is 111 cm³/mol. The molecule has 4 rings (SSSR count). The Labute approximate surface area is 179 Å². The highest BCUT2D eigenvalue weighted by Gasteiger charge is 2.31. The molecule has 0 saturated carbocycles. The van der Waals surface area contributed by atoms with Crippen LogP contribution in [0.25, 0.3) is 0 Å². The lowest BCUT2D eigenvalue weighted by Crippen LogP contribution is -2.40. The number of carbonyl (C=O) groups is 1. The molecule has 30 heavy (non-hydrogen) atoms. The van der Waals surface area contributed by atoms with Gasteiger partial charge in [0.2, 0.25) is 11.9 Å². The molecule has 1 N–H and O–H groups in total. The third kappa shape index (κ3) is 4.98. The molecular formula is C18H25N5O5S2. The predicted octanol–water partition coefficient (Wildman–Crippen LogP) is 0.540. The first-order chi connectivity index (χ1) is 14.4. The van der Waals surface area contributed by atoms with Crippen molar-refractivity contribution in [2.45, 2.75) is 36.3 Å². The standard InChI is InChI=1S/C18H25N5O5S2/c1-13(16(24)19-14-4-10-30(25,26)12-14)29-18-21-20-17(22-5-8-27-9-6-22)23(18)11-15-3-2-7-28-15/h2-3,7,13-14H,4-6,8-12H2,1H3,(H,19,24). The Morgan fingerprint density at radius 3 is 2.83 bits per heavy atom. The summed E-state index contributed by atoms with van der Waals surface area (Å²) in [5.74, 6) is 1.40. The van der Waals surface area contributed by atoms with E-state index in [0.29, 0.717) is 50.4 Å². The van der Waals surface area contributed by atoms with Crippen molar-refractivity contribution < 1.29 is 22.4 Å². The van der Waals surface area contributed by atoms with Crippen molar-refractivity contribution in [3.8, 4) is 0 Å². The SMILES string of the molecule is CC(Sc1nnc(N2CCOCC2)n1Cc1ccco1)C(=O)NC1CCS(=O)(=O)C1. The number of furan rings is 1. The Morgan fingerprint density at radius 2 is 2.17 bits per heavy atom. The number of rotatable bonds is 7. The van der Waals surface area contributed by atoms with E-state index in [2.05, 4.69) is 20.4 Å². The van der Waals surface area contributed by atoms with Crippen LogP contribution in [0.3, 0.4) is 0 Å². The molecule has 0 bridgehead atoms. The number of sulfone groups is 1. The van der Waals surface area contributed by atoms with Crippen molar-refractivity contribution >= 4 is 33.5 Å². The van der Waals surface area contributed by atoms with Crippen LogP contribution in [0.4, 0.5) is 5.95 Å². The molecule has 1 amide bonds. The van der Waals surface area contributed by atoms with E-state index in [1.807, 2.05) is 16.7 Å². The van der Waals surface area contributed by atoms with Crippen LogP contribution in [0.2, 0.25) is 0 Å². The van der Waals surface area contributed by atoms with E-state index in [4.69, 9.17) is 9.15 Å². The Balaban J connectivity index is 1.48. The van der Waals surface area contributed by atoms with Gasteiger partial charge in [-0.15, -0.1) is 10.2 Å². The van der Waals surface area contributed by atoms with Gasteiger partial charge in [-0.2, -0.15) is 0 Å². The van der Waals surface area contributed by atoms with Gasteiger partial charge in [-0.1, -0.05) is 11.8 Å². The first-order valence-corrected chi connectivity index (χ1v) is 12.6. The first kappa shape index (κ1) is 21.2. The summed E-state index contributed by atoms with van der Waals surface area (Å²) in [7, 11) is -3.04. The van der Waals surface area contributed by atoms with Gasteiger partial charge in [0.05, 0.1) is 42.8 Å². The number of aromatic nitrogens is 3. The average molecular weight is 456 g/mol. The summed E-state index contributed by atoms with van der Waals surface area (Å²) in [6.07, 6.45) is 2.08. The molecule has 12 heteroatoms. The van der Waals surface area contributed by atoms with Crippen molar-refractivity contribution in [1.29, 1.82) is 0 Å². The fourth-order valence-electron chi connectivity index (χ4n) is 3.50. The largest absolute Gasteiger partial charge is 0.467 e. The van der Waals surface area contributed by atoms with Gasteiger partial charge in [0, 0.05) is 19.1 Å². The minimum Gasteiger partial charge on any atom is -0.467 e. The van der Waals surface area contributed by atoms with Crippen molar-refractivity contribution in [2.75, 3.05) is 42.7 Å². The van der Waals surface area contributed by atoms with E-state index < -0.39 is 15.1 Å². The summed E-state index contributed by atoms with van der Waals surface area (Å²) >= 11 is 1.30. The number of hydrogen-bond donors (Lipinski definition) is 1. The lowest BCUT2D eigenvalue weighted by molar-refractivity contribution is -0.120. The minimum atomic E-state index is -3.04. The second-order valence-corrected chi connectivity index (χ2v) is 11.0. The number of amides is 1. The van der Waals surface area contributed by atoms with E-state index in [0.717, 1.165) is 5.76 Å². The van der Waals surface area contributed by atoms with Gasteiger partial charge in [-0.3, -0.25) is 9.36 Å². The smallest absolute Gasteiger partial charge is 0.233 e.